The molecule has 0 fully saturated rings. The van der Waals surface area contributed by atoms with Crippen LogP contribution in [-0.2, 0) is 0 Å². The summed E-state index contributed by atoms with van der Waals surface area (Å²) in [5, 5.41) is 14.1. The average Bonchev–Trinajstić information content (AvgIpc) is 2.32. The molecule has 0 aliphatic rings. The fourth-order valence-corrected chi connectivity index (χ4v) is 1.71. The van der Waals surface area contributed by atoms with Gasteiger partial charge >= 0.3 is 0 Å². The number of nitrogens with zero attached hydrogens (tertiary/aromatic N) is 1. The van der Waals surface area contributed by atoms with E-state index in [0.29, 0.717) is 15.1 Å². The number of benzene rings is 1. The Morgan fingerprint density at radius 3 is 2.94 bits per heavy atom. The van der Waals surface area contributed by atoms with Gasteiger partial charge in [0.2, 0.25) is 0 Å². The number of oxime groups is 1. The van der Waals surface area contributed by atoms with E-state index in [1.165, 1.54) is 0 Å². The third-order valence-corrected chi connectivity index (χ3v) is 3.29. The SMILES string of the molecule is N/C(CCNC(=O)c1cccc(Br)c1Cl)=N/O. The van der Waals surface area contributed by atoms with Crippen molar-refractivity contribution in [2.45, 2.75) is 6.42 Å². The second kappa shape index (κ2) is 6.46. The molecule has 1 aromatic carbocycles. The summed E-state index contributed by atoms with van der Waals surface area (Å²) in [4.78, 5) is 11.7. The van der Waals surface area contributed by atoms with Crippen LogP contribution in [0.3, 0.4) is 0 Å². The average molecular weight is 321 g/mol. The first-order valence-electron chi connectivity index (χ1n) is 4.75. The second-order valence-corrected chi connectivity index (χ2v) is 4.43. The van der Waals surface area contributed by atoms with Gasteiger partial charge in [-0.05, 0) is 28.1 Å². The van der Waals surface area contributed by atoms with Gasteiger partial charge in [0.05, 0.1) is 10.6 Å². The Bertz CT molecular complexity index is 451. The van der Waals surface area contributed by atoms with Crippen molar-refractivity contribution in [1.29, 1.82) is 0 Å². The molecule has 0 radical (unpaired) electrons. The molecular weight excluding hydrogens is 309 g/mol. The van der Waals surface area contributed by atoms with Crippen LogP contribution in [0.15, 0.2) is 27.8 Å². The molecule has 5 nitrogen and oxygen atoms in total. The van der Waals surface area contributed by atoms with E-state index in [2.05, 4.69) is 26.4 Å². The summed E-state index contributed by atoms with van der Waals surface area (Å²) in [6, 6.07) is 5.08. The molecule has 0 bridgehead atoms. The van der Waals surface area contributed by atoms with Gasteiger partial charge in [-0.25, -0.2) is 0 Å². The van der Waals surface area contributed by atoms with Crippen LogP contribution in [0, 0.1) is 0 Å². The fraction of sp³-hybridized carbons (Fsp3) is 0.200. The monoisotopic (exact) mass is 319 g/mol. The van der Waals surface area contributed by atoms with Gasteiger partial charge < -0.3 is 16.3 Å². The number of hydrogen-bond acceptors (Lipinski definition) is 3. The second-order valence-electron chi connectivity index (χ2n) is 3.20. The summed E-state index contributed by atoms with van der Waals surface area (Å²) >= 11 is 9.19. The van der Waals surface area contributed by atoms with E-state index in [1.807, 2.05) is 0 Å². The first-order chi connectivity index (χ1) is 8.06. The van der Waals surface area contributed by atoms with Crippen molar-refractivity contribution < 1.29 is 10.0 Å². The Morgan fingerprint density at radius 2 is 2.29 bits per heavy atom. The van der Waals surface area contributed by atoms with E-state index < -0.39 is 0 Å². The quantitative estimate of drug-likeness (QED) is 0.343. The highest BCUT2D eigenvalue weighted by atomic mass is 79.9. The number of nitrogens with one attached hydrogen (secondary N) is 1. The predicted molar refractivity (Wildman–Crippen MR) is 69.5 cm³/mol. The number of carbonyl (C=O) groups excluding carboxylic acids is 1. The van der Waals surface area contributed by atoms with E-state index in [1.54, 1.807) is 18.2 Å². The Balaban J connectivity index is 2.62. The van der Waals surface area contributed by atoms with Gasteiger partial charge in [-0.1, -0.05) is 22.8 Å². The van der Waals surface area contributed by atoms with Gasteiger partial charge in [-0.3, -0.25) is 4.79 Å². The first-order valence-corrected chi connectivity index (χ1v) is 5.92. The molecule has 1 aromatic rings. The summed E-state index contributed by atoms with van der Waals surface area (Å²) in [6.07, 6.45) is 0.272. The summed E-state index contributed by atoms with van der Waals surface area (Å²) < 4.78 is 0.656. The Kier molecular flexibility index (Phi) is 5.24. The molecule has 0 aromatic heterocycles. The predicted octanol–water partition coefficient (Wildman–Crippen LogP) is 1.97. The number of rotatable bonds is 4. The van der Waals surface area contributed by atoms with Crippen LogP contribution in [0.25, 0.3) is 0 Å². The van der Waals surface area contributed by atoms with E-state index in [0.717, 1.165) is 0 Å². The number of halogens is 2. The zero-order valence-electron chi connectivity index (χ0n) is 8.78. The normalized spacial score (nSPS) is 11.3. The minimum atomic E-state index is -0.304. The lowest BCUT2D eigenvalue weighted by molar-refractivity contribution is 0.0954. The summed E-state index contributed by atoms with van der Waals surface area (Å²) in [5.74, 6) is -0.243. The molecular formula is C10H11BrClN3O2. The number of amides is 1. The van der Waals surface area contributed by atoms with Crippen molar-refractivity contribution in [2.75, 3.05) is 6.54 Å². The third kappa shape index (κ3) is 3.90. The number of hydrogen-bond donors (Lipinski definition) is 3. The van der Waals surface area contributed by atoms with Crippen LogP contribution in [0.4, 0.5) is 0 Å². The molecule has 1 amide bonds. The maximum absolute atomic E-state index is 11.7. The summed E-state index contributed by atoms with van der Waals surface area (Å²) in [7, 11) is 0. The lowest BCUT2D eigenvalue weighted by atomic mass is 10.2. The number of carbonyl (C=O) groups is 1. The van der Waals surface area contributed by atoms with Gasteiger partial charge in [0.25, 0.3) is 5.91 Å². The number of amidine groups is 1. The molecule has 0 aliphatic carbocycles. The van der Waals surface area contributed by atoms with Crippen molar-refractivity contribution in [3.05, 3.63) is 33.3 Å². The van der Waals surface area contributed by atoms with Crippen LogP contribution in [0.5, 0.6) is 0 Å². The van der Waals surface area contributed by atoms with Crippen LogP contribution in [-0.4, -0.2) is 23.5 Å². The summed E-state index contributed by atoms with van der Waals surface area (Å²) in [6.45, 7) is 0.275. The van der Waals surface area contributed by atoms with Crippen LogP contribution < -0.4 is 11.1 Å². The molecule has 92 valence electrons. The van der Waals surface area contributed by atoms with Crippen molar-refractivity contribution in [2.24, 2.45) is 10.9 Å². The molecule has 0 heterocycles. The summed E-state index contributed by atoms with van der Waals surface area (Å²) in [5.41, 5.74) is 5.64. The molecule has 7 heteroatoms. The Labute approximate surface area is 112 Å². The van der Waals surface area contributed by atoms with Gasteiger partial charge in [0.1, 0.15) is 5.84 Å². The highest BCUT2D eigenvalue weighted by Gasteiger charge is 2.11. The molecule has 0 atom stereocenters. The highest BCUT2D eigenvalue weighted by molar-refractivity contribution is 9.10. The smallest absolute Gasteiger partial charge is 0.252 e. The van der Waals surface area contributed by atoms with Crippen molar-refractivity contribution >= 4 is 39.3 Å². The van der Waals surface area contributed by atoms with Crippen LogP contribution >= 0.6 is 27.5 Å². The topological polar surface area (TPSA) is 87.7 Å². The van der Waals surface area contributed by atoms with E-state index in [9.17, 15) is 4.79 Å². The molecule has 0 unspecified atom stereocenters. The minimum absolute atomic E-state index is 0.0608. The third-order valence-electron chi connectivity index (χ3n) is 1.99. The Morgan fingerprint density at radius 1 is 1.59 bits per heavy atom. The maximum Gasteiger partial charge on any atom is 0.252 e. The lowest BCUT2D eigenvalue weighted by Gasteiger charge is -2.07. The van der Waals surface area contributed by atoms with Gasteiger partial charge in [-0.15, -0.1) is 0 Å². The fourth-order valence-electron chi connectivity index (χ4n) is 1.13. The molecule has 0 saturated carbocycles. The lowest BCUT2D eigenvalue weighted by Crippen LogP contribution is -2.28. The van der Waals surface area contributed by atoms with Crippen LogP contribution in [0.1, 0.15) is 16.8 Å². The van der Waals surface area contributed by atoms with Gasteiger partial charge in [0.15, 0.2) is 0 Å². The van der Waals surface area contributed by atoms with Crippen molar-refractivity contribution in [3.63, 3.8) is 0 Å². The zero-order valence-corrected chi connectivity index (χ0v) is 11.1. The largest absolute Gasteiger partial charge is 0.409 e. The molecule has 0 spiro atoms. The van der Waals surface area contributed by atoms with Crippen molar-refractivity contribution in [3.8, 4) is 0 Å². The van der Waals surface area contributed by atoms with Gasteiger partial charge in [-0.2, -0.15) is 0 Å². The van der Waals surface area contributed by atoms with Crippen LogP contribution in [0.2, 0.25) is 5.02 Å². The van der Waals surface area contributed by atoms with Gasteiger partial charge in [0, 0.05) is 17.4 Å². The molecule has 17 heavy (non-hydrogen) atoms. The molecule has 0 aliphatic heterocycles. The standard InChI is InChI=1S/C10H11BrClN3O2/c11-7-3-1-2-6(9(7)12)10(16)14-5-4-8(13)15-17/h1-3,17H,4-5H2,(H2,13,15)(H,14,16). The Hall–Kier alpha value is -1.27. The highest BCUT2D eigenvalue weighted by Crippen LogP contribution is 2.25. The van der Waals surface area contributed by atoms with E-state index >= 15 is 0 Å². The molecule has 4 N–H and O–H groups in total. The van der Waals surface area contributed by atoms with E-state index in [4.69, 9.17) is 22.5 Å². The maximum atomic E-state index is 11.7. The molecule has 0 saturated heterocycles. The van der Waals surface area contributed by atoms with Crippen molar-refractivity contribution in [1.82, 2.24) is 5.32 Å². The first kappa shape index (κ1) is 13.8. The zero-order chi connectivity index (χ0) is 12.8. The minimum Gasteiger partial charge on any atom is -0.409 e. The van der Waals surface area contributed by atoms with E-state index in [-0.39, 0.29) is 24.7 Å². The molecule has 1 rings (SSSR count). The number of nitrogens with two attached hydrogens (primary N) is 1.